The lowest BCUT2D eigenvalue weighted by Gasteiger charge is -2.17. The van der Waals surface area contributed by atoms with Gasteiger partial charge in [-0.3, -0.25) is 28.6 Å². The van der Waals surface area contributed by atoms with E-state index in [1.54, 1.807) is 54.5 Å². The van der Waals surface area contributed by atoms with E-state index in [2.05, 4.69) is 10.1 Å². The summed E-state index contributed by atoms with van der Waals surface area (Å²) >= 11 is 0. The van der Waals surface area contributed by atoms with Crippen LogP contribution in [0.3, 0.4) is 0 Å². The fourth-order valence-electron chi connectivity index (χ4n) is 4.56. The molecule has 38 heavy (non-hydrogen) atoms. The van der Waals surface area contributed by atoms with E-state index in [4.69, 9.17) is 4.98 Å². The van der Waals surface area contributed by atoms with Crippen molar-refractivity contribution in [3.05, 3.63) is 70.7 Å². The number of amides is 1. The van der Waals surface area contributed by atoms with Gasteiger partial charge >= 0.3 is 11.9 Å². The van der Waals surface area contributed by atoms with E-state index in [0.29, 0.717) is 28.1 Å². The predicted molar refractivity (Wildman–Crippen MR) is 136 cm³/mol. The molecular weight excluding hydrogens is 499 g/mol. The highest BCUT2D eigenvalue weighted by atomic mass is 19.4. The summed E-state index contributed by atoms with van der Waals surface area (Å²) in [5.41, 5.74) is 4.49. The summed E-state index contributed by atoms with van der Waals surface area (Å²) in [5.74, 6) is -0.917. The summed E-state index contributed by atoms with van der Waals surface area (Å²) < 4.78 is 43.2. The van der Waals surface area contributed by atoms with Crippen LogP contribution >= 0.6 is 0 Å². The van der Waals surface area contributed by atoms with E-state index in [1.165, 1.54) is 9.13 Å². The number of fused-ring (bicyclic) bond motifs is 2. The van der Waals surface area contributed by atoms with Crippen LogP contribution in [0.2, 0.25) is 0 Å². The molecular formula is C26H24F3N7O2. The maximum atomic E-state index is 13.6. The van der Waals surface area contributed by atoms with Gasteiger partial charge in [-0.15, -0.1) is 0 Å². The normalized spacial score (nSPS) is 12.8. The molecule has 5 aromatic rings. The third kappa shape index (κ3) is 4.21. The van der Waals surface area contributed by atoms with Crippen molar-refractivity contribution in [3.63, 3.8) is 0 Å². The molecule has 0 saturated carbocycles. The molecule has 196 valence electrons. The second-order valence-corrected chi connectivity index (χ2v) is 9.17. The standard InChI is InChI=1S/C26H24F3N7O2/c1-14-6-5-7-21-24(14)36(25(38)35(21)13-23(37)33-16(3)26(27,28)29)20-9-8-19(32-15(20)2)17-10-30-12-22-18(17)11-31-34(22)4/h5-12,16H,13H2,1-4H3,(H,33,37)/t16-/m1/s1. The Balaban J connectivity index is 1.60. The maximum Gasteiger partial charge on any atom is 0.408 e. The Morgan fingerprint density at radius 1 is 1.08 bits per heavy atom. The average molecular weight is 524 g/mol. The van der Waals surface area contributed by atoms with Gasteiger partial charge in [-0.1, -0.05) is 12.1 Å². The second kappa shape index (κ2) is 9.12. The van der Waals surface area contributed by atoms with Crippen molar-refractivity contribution in [2.24, 2.45) is 7.05 Å². The first-order chi connectivity index (χ1) is 18.0. The molecule has 1 aromatic carbocycles. The lowest BCUT2D eigenvalue weighted by Crippen LogP contribution is -2.45. The zero-order valence-electron chi connectivity index (χ0n) is 21.0. The van der Waals surface area contributed by atoms with Crippen LogP contribution in [0.25, 0.3) is 38.9 Å². The number of nitrogens with one attached hydrogen (secondary N) is 1. The summed E-state index contributed by atoms with van der Waals surface area (Å²) in [6.07, 6.45) is 0.568. The summed E-state index contributed by atoms with van der Waals surface area (Å²) in [7, 11) is 1.82. The van der Waals surface area contributed by atoms with Gasteiger partial charge in [0.15, 0.2) is 0 Å². The van der Waals surface area contributed by atoms with Crippen LogP contribution < -0.4 is 11.0 Å². The largest absolute Gasteiger partial charge is 0.408 e. The minimum atomic E-state index is -4.59. The van der Waals surface area contributed by atoms with E-state index in [9.17, 15) is 22.8 Å². The number of carbonyl (C=O) groups excluding carboxylic acids is 1. The number of aryl methyl sites for hydroxylation is 3. The van der Waals surface area contributed by atoms with E-state index in [1.807, 2.05) is 25.4 Å². The number of benzene rings is 1. The molecule has 0 spiro atoms. The van der Waals surface area contributed by atoms with E-state index in [-0.39, 0.29) is 0 Å². The van der Waals surface area contributed by atoms with Crippen LogP contribution in [-0.4, -0.2) is 47.0 Å². The molecule has 0 bridgehead atoms. The number of imidazole rings is 1. The Hall–Kier alpha value is -4.48. The van der Waals surface area contributed by atoms with Crippen molar-refractivity contribution in [2.75, 3.05) is 0 Å². The van der Waals surface area contributed by atoms with Crippen LogP contribution in [0.4, 0.5) is 13.2 Å². The summed E-state index contributed by atoms with van der Waals surface area (Å²) in [6.45, 7) is 3.87. The lowest BCUT2D eigenvalue weighted by molar-refractivity contribution is -0.158. The highest BCUT2D eigenvalue weighted by Crippen LogP contribution is 2.29. The van der Waals surface area contributed by atoms with Crippen molar-refractivity contribution in [1.29, 1.82) is 0 Å². The number of alkyl halides is 3. The molecule has 1 N–H and O–H groups in total. The first-order valence-electron chi connectivity index (χ1n) is 11.8. The van der Waals surface area contributed by atoms with Crippen LogP contribution in [0.5, 0.6) is 0 Å². The Bertz CT molecular complexity index is 1760. The Kier molecular flexibility index (Phi) is 6.04. The van der Waals surface area contributed by atoms with Crippen molar-refractivity contribution in [2.45, 2.75) is 39.5 Å². The smallest absolute Gasteiger partial charge is 0.343 e. The molecule has 4 heterocycles. The minimum Gasteiger partial charge on any atom is -0.343 e. The number of halogens is 3. The van der Waals surface area contributed by atoms with Gasteiger partial charge in [0.2, 0.25) is 5.91 Å². The van der Waals surface area contributed by atoms with Gasteiger partial charge in [-0.25, -0.2) is 4.79 Å². The van der Waals surface area contributed by atoms with Crippen LogP contribution in [-0.2, 0) is 18.4 Å². The van der Waals surface area contributed by atoms with Gasteiger partial charge < -0.3 is 5.32 Å². The zero-order valence-corrected chi connectivity index (χ0v) is 21.0. The number of para-hydroxylation sites is 1. The topological polar surface area (TPSA) is 99.6 Å². The highest BCUT2D eigenvalue weighted by Gasteiger charge is 2.37. The molecule has 0 aliphatic heterocycles. The molecule has 12 heteroatoms. The van der Waals surface area contributed by atoms with Crippen molar-refractivity contribution >= 4 is 27.8 Å². The number of hydrogen-bond acceptors (Lipinski definition) is 5. The van der Waals surface area contributed by atoms with Gasteiger partial charge in [-0.2, -0.15) is 18.3 Å². The molecule has 1 amide bonds. The fourth-order valence-corrected chi connectivity index (χ4v) is 4.56. The second-order valence-electron chi connectivity index (χ2n) is 9.17. The minimum absolute atomic E-state index is 0.428. The first-order valence-corrected chi connectivity index (χ1v) is 11.8. The summed E-state index contributed by atoms with van der Waals surface area (Å²) in [5, 5.41) is 7.09. The summed E-state index contributed by atoms with van der Waals surface area (Å²) in [4.78, 5) is 35.1. The van der Waals surface area contributed by atoms with Gasteiger partial charge in [-0.05, 0) is 44.5 Å². The number of carbonyl (C=O) groups is 1. The Labute approximate surface area is 214 Å². The zero-order chi connectivity index (χ0) is 27.4. The van der Waals surface area contributed by atoms with Gasteiger partial charge in [0.25, 0.3) is 0 Å². The number of rotatable bonds is 5. The quantitative estimate of drug-likeness (QED) is 0.378. The lowest BCUT2D eigenvalue weighted by atomic mass is 10.1. The van der Waals surface area contributed by atoms with E-state index >= 15 is 0 Å². The van der Waals surface area contributed by atoms with Crippen LogP contribution in [0.1, 0.15) is 18.2 Å². The van der Waals surface area contributed by atoms with Crippen LogP contribution in [0, 0.1) is 13.8 Å². The predicted octanol–water partition coefficient (Wildman–Crippen LogP) is 3.82. The SMILES string of the molecule is Cc1nc(-c2cncc3c2cnn3C)ccc1-n1c(=O)n(CC(=O)N[C@H](C)C(F)(F)F)c2cccc(C)c21. The third-order valence-electron chi connectivity index (χ3n) is 6.57. The van der Waals surface area contributed by atoms with Crippen molar-refractivity contribution in [3.8, 4) is 16.9 Å². The van der Waals surface area contributed by atoms with Gasteiger partial charge in [0.1, 0.15) is 12.6 Å². The molecule has 9 nitrogen and oxygen atoms in total. The molecule has 5 rings (SSSR count). The molecule has 0 aliphatic rings. The summed E-state index contributed by atoms with van der Waals surface area (Å²) in [6, 6.07) is 6.70. The number of pyridine rings is 2. The Morgan fingerprint density at radius 3 is 2.55 bits per heavy atom. The fraction of sp³-hybridized carbons (Fsp3) is 0.269. The van der Waals surface area contributed by atoms with Crippen molar-refractivity contribution in [1.82, 2.24) is 34.2 Å². The Morgan fingerprint density at radius 2 is 1.84 bits per heavy atom. The number of aromatic nitrogens is 6. The molecule has 1 atom stereocenters. The molecule has 0 radical (unpaired) electrons. The van der Waals surface area contributed by atoms with E-state index in [0.717, 1.165) is 29.0 Å². The van der Waals surface area contributed by atoms with Crippen molar-refractivity contribution < 1.29 is 18.0 Å². The molecule has 4 aromatic heterocycles. The van der Waals surface area contributed by atoms with Gasteiger partial charge in [0.05, 0.1) is 46.0 Å². The average Bonchev–Trinajstić information content (AvgIpc) is 3.37. The molecule has 0 saturated heterocycles. The van der Waals surface area contributed by atoms with E-state index < -0.39 is 30.4 Å². The maximum absolute atomic E-state index is 13.6. The van der Waals surface area contributed by atoms with Gasteiger partial charge in [0, 0.05) is 24.2 Å². The first kappa shape index (κ1) is 25.2. The third-order valence-corrected chi connectivity index (χ3v) is 6.57. The highest BCUT2D eigenvalue weighted by molar-refractivity contribution is 5.93. The molecule has 0 fully saturated rings. The number of nitrogens with zero attached hydrogens (tertiary/aromatic N) is 6. The van der Waals surface area contributed by atoms with Crippen LogP contribution in [0.15, 0.2) is 53.7 Å². The monoisotopic (exact) mass is 523 g/mol. The molecule has 0 unspecified atom stereocenters. The number of hydrogen-bond donors (Lipinski definition) is 1. The molecule has 0 aliphatic carbocycles.